The van der Waals surface area contributed by atoms with E-state index >= 15 is 0 Å². The lowest BCUT2D eigenvalue weighted by Gasteiger charge is -2.18. The van der Waals surface area contributed by atoms with Gasteiger partial charge < -0.3 is 9.47 Å². The molecule has 35 heavy (non-hydrogen) atoms. The molecule has 184 valence electrons. The lowest BCUT2D eigenvalue weighted by molar-refractivity contribution is -0.126. The third-order valence-corrected chi connectivity index (χ3v) is 7.01. The number of carbonyl (C=O) groups is 1. The molecule has 0 N–H and O–H groups in total. The van der Waals surface area contributed by atoms with Gasteiger partial charge in [0, 0.05) is 23.6 Å². The van der Waals surface area contributed by atoms with Crippen LogP contribution in [0.5, 0.6) is 5.75 Å². The monoisotopic (exact) mass is 492 g/mol. The number of ether oxygens (including phenoxy) is 2. The van der Waals surface area contributed by atoms with E-state index in [1.165, 1.54) is 44.2 Å². The molecule has 1 saturated carbocycles. The molecule has 5 rings (SSSR count). The summed E-state index contributed by atoms with van der Waals surface area (Å²) >= 11 is 1.76. The number of benzene rings is 2. The number of methoxy groups -OCH3 is 2. The van der Waals surface area contributed by atoms with Crippen molar-refractivity contribution in [1.82, 2.24) is 9.55 Å². The Hall–Kier alpha value is -3.45. The third kappa shape index (κ3) is 6.17. The minimum Gasteiger partial charge on any atom is -0.494 e. The lowest BCUT2D eigenvalue weighted by Crippen LogP contribution is -2.18. The summed E-state index contributed by atoms with van der Waals surface area (Å²) in [5.41, 5.74) is 1.69. The van der Waals surface area contributed by atoms with Crippen LogP contribution in [0.1, 0.15) is 50.0 Å². The smallest absolute Gasteiger partial charge is 0.292 e. The number of hydrogen-bond acceptors (Lipinski definition) is 6. The van der Waals surface area contributed by atoms with Crippen molar-refractivity contribution < 1.29 is 14.3 Å². The first kappa shape index (κ1) is 26.2. The van der Waals surface area contributed by atoms with E-state index in [1.54, 1.807) is 29.1 Å². The van der Waals surface area contributed by atoms with Gasteiger partial charge in [-0.1, -0.05) is 43.5 Å². The fraction of sp³-hybridized carbons (Fsp3) is 0.321. The van der Waals surface area contributed by atoms with E-state index in [4.69, 9.17) is 14.5 Å². The van der Waals surface area contributed by atoms with E-state index < -0.39 is 0 Å². The van der Waals surface area contributed by atoms with E-state index in [-0.39, 0.29) is 5.56 Å². The summed E-state index contributed by atoms with van der Waals surface area (Å²) in [5, 5.41) is 2.88. The molecule has 2 aromatic carbocycles. The molecule has 0 bridgehead atoms. The van der Waals surface area contributed by atoms with Crippen LogP contribution in [0.3, 0.4) is 0 Å². The second-order valence-electron chi connectivity index (χ2n) is 8.20. The summed E-state index contributed by atoms with van der Waals surface area (Å²) in [5.74, 6) is 1.24. The van der Waals surface area contributed by atoms with Gasteiger partial charge in [0.05, 0.1) is 35.1 Å². The van der Waals surface area contributed by atoms with Gasteiger partial charge >= 0.3 is 0 Å². The molecule has 0 saturated heterocycles. The number of carbonyl (C=O) groups excluding carboxylic acids is 1. The number of thiazole rings is 1. The number of pyridine rings is 1. The van der Waals surface area contributed by atoms with Gasteiger partial charge in [-0.3, -0.25) is 14.2 Å². The normalized spacial score (nSPS) is 13.2. The molecule has 0 spiro atoms. The first-order valence-corrected chi connectivity index (χ1v) is 12.5. The fourth-order valence-electron chi connectivity index (χ4n) is 4.22. The van der Waals surface area contributed by atoms with Gasteiger partial charge in [0.2, 0.25) is 0 Å². The highest BCUT2D eigenvalue weighted by Gasteiger charge is 2.20. The Morgan fingerprint density at radius 2 is 1.80 bits per heavy atom. The zero-order chi connectivity index (χ0) is 25.2. The van der Waals surface area contributed by atoms with Crippen molar-refractivity contribution in [3.63, 3.8) is 0 Å². The summed E-state index contributed by atoms with van der Waals surface area (Å²) in [6.45, 7) is 5.62. The molecule has 0 unspecified atom stereocenters. The molecule has 7 heteroatoms. The molecular formula is C28H32N2O4S. The Bertz CT molecular complexity index is 1340. The Morgan fingerprint density at radius 3 is 2.46 bits per heavy atom. The van der Waals surface area contributed by atoms with Crippen LogP contribution in [-0.2, 0) is 9.53 Å². The van der Waals surface area contributed by atoms with Crippen molar-refractivity contribution in [1.29, 1.82) is 0 Å². The van der Waals surface area contributed by atoms with Crippen LogP contribution >= 0.6 is 11.3 Å². The molecule has 2 heterocycles. The molecule has 0 aliphatic heterocycles. The highest BCUT2D eigenvalue weighted by Crippen LogP contribution is 2.39. The highest BCUT2D eigenvalue weighted by atomic mass is 32.1. The SMILES string of the molecule is C=CC.COC=O.COc1cc2nc(C3CCCCC3)sc2cc1-n1ccc2ccccc2c1=O. The summed E-state index contributed by atoms with van der Waals surface area (Å²) in [7, 11) is 2.96. The van der Waals surface area contributed by atoms with E-state index in [0.29, 0.717) is 23.5 Å². The summed E-state index contributed by atoms with van der Waals surface area (Å²) in [6, 6.07) is 13.7. The van der Waals surface area contributed by atoms with E-state index in [2.05, 4.69) is 11.3 Å². The summed E-state index contributed by atoms with van der Waals surface area (Å²) in [4.78, 5) is 26.9. The molecule has 1 aliphatic carbocycles. The zero-order valence-corrected chi connectivity index (χ0v) is 21.3. The molecule has 0 radical (unpaired) electrons. The third-order valence-electron chi connectivity index (χ3n) is 5.83. The van der Waals surface area contributed by atoms with Gasteiger partial charge in [-0.15, -0.1) is 17.9 Å². The molecule has 1 fully saturated rings. The molecular weight excluding hydrogens is 460 g/mol. The average molecular weight is 493 g/mol. The Balaban J connectivity index is 0.000000438. The average Bonchev–Trinajstić information content (AvgIpc) is 3.32. The Labute approximate surface area is 209 Å². The predicted molar refractivity (Wildman–Crippen MR) is 144 cm³/mol. The number of hydrogen-bond donors (Lipinski definition) is 0. The fourth-order valence-corrected chi connectivity index (χ4v) is 5.37. The quantitative estimate of drug-likeness (QED) is 0.236. The van der Waals surface area contributed by atoms with Gasteiger partial charge in [0.25, 0.3) is 12.0 Å². The van der Waals surface area contributed by atoms with Crippen molar-refractivity contribution in [3.8, 4) is 11.4 Å². The molecule has 2 aromatic heterocycles. The molecule has 6 nitrogen and oxygen atoms in total. The largest absolute Gasteiger partial charge is 0.494 e. The van der Waals surface area contributed by atoms with Crippen LogP contribution in [0.25, 0.3) is 26.7 Å². The van der Waals surface area contributed by atoms with Crippen LogP contribution in [0, 0.1) is 0 Å². The predicted octanol–water partition coefficient (Wildman–Crippen LogP) is 6.64. The van der Waals surface area contributed by atoms with Crippen LogP contribution in [-0.4, -0.2) is 30.2 Å². The van der Waals surface area contributed by atoms with Crippen molar-refractivity contribution in [2.24, 2.45) is 0 Å². The molecule has 1 aliphatic rings. The maximum Gasteiger partial charge on any atom is 0.292 e. The van der Waals surface area contributed by atoms with Crippen LogP contribution in [0.4, 0.5) is 0 Å². The van der Waals surface area contributed by atoms with Crippen molar-refractivity contribution in [3.05, 3.63) is 76.7 Å². The Morgan fingerprint density at radius 1 is 1.11 bits per heavy atom. The number of fused-ring (bicyclic) bond motifs is 2. The maximum absolute atomic E-state index is 13.1. The van der Waals surface area contributed by atoms with Crippen LogP contribution in [0.15, 0.2) is 66.1 Å². The molecule has 4 aromatic rings. The van der Waals surface area contributed by atoms with Gasteiger partial charge in [-0.2, -0.15) is 0 Å². The van der Waals surface area contributed by atoms with Gasteiger partial charge in [-0.05, 0) is 43.4 Å². The zero-order valence-electron chi connectivity index (χ0n) is 20.5. The summed E-state index contributed by atoms with van der Waals surface area (Å²) < 4.78 is 12.3. The molecule has 0 atom stereocenters. The second kappa shape index (κ2) is 12.9. The van der Waals surface area contributed by atoms with Crippen molar-refractivity contribution >= 4 is 38.8 Å². The van der Waals surface area contributed by atoms with Crippen LogP contribution in [0.2, 0.25) is 0 Å². The highest BCUT2D eigenvalue weighted by molar-refractivity contribution is 7.18. The standard InChI is InChI=1S/C23H22N2O2S.C3H6.C2H4O2/c1-27-20-13-18-21(28-22(24-18)16-8-3-2-4-9-16)14-19(20)25-12-11-15-7-5-6-10-17(15)23(25)26;1-3-2;1-4-2-3/h5-7,10-14,16H,2-4,8-9H2,1H3;3H,1H2,2H3;2H,1H3. The lowest BCUT2D eigenvalue weighted by atomic mass is 9.90. The molecule has 0 amide bonds. The van der Waals surface area contributed by atoms with Gasteiger partial charge in [0.1, 0.15) is 5.75 Å². The first-order valence-electron chi connectivity index (χ1n) is 11.7. The minimum absolute atomic E-state index is 0.0345. The van der Waals surface area contributed by atoms with Crippen LogP contribution < -0.4 is 10.3 Å². The summed E-state index contributed by atoms with van der Waals surface area (Å²) in [6.07, 6.45) is 9.97. The van der Waals surface area contributed by atoms with Gasteiger partial charge in [-0.25, -0.2) is 4.98 Å². The Kier molecular flexibility index (Phi) is 9.61. The van der Waals surface area contributed by atoms with E-state index in [9.17, 15) is 4.79 Å². The van der Waals surface area contributed by atoms with E-state index in [0.717, 1.165) is 21.3 Å². The first-order chi connectivity index (χ1) is 17.1. The second-order valence-corrected chi connectivity index (χ2v) is 9.26. The van der Waals surface area contributed by atoms with E-state index in [1.807, 2.05) is 55.6 Å². The van der Waals surface area contributed by atoms with Crippen molar-refractivity contribution in [2.45, 2.75) is 44.9 Å². The number of aromatic nitrogens is 2. The van der Waals surface area contributed by atoms with Gasteiger partial charge in [0.15, 0.2) is 0 Å². The maximum atomic E-state index is 13.1. The van der Waals surface area contributed by atoms with Crippen molar-refractivity contribution in [2.75, 3.05) is 14.2 Å². The number of nitrogens with zero attached hydrogens (tertiary/aromatic N) is 2. The topological polar surface area (TPSA) is 70.4 Å². The number of rotatable bonds is 4. The minimum atomic E-state index is -0.0345. The number of allylic oxidation sites excluding steroid dienone is 1.